The van der Waals surface area contributed by atoms with Crippen molar-refractivity contribution >= 4 is 11.4 Å². The van der Waals surface area contributed by atoms with Gasteiger partial charge in [0.05, 0.1) is 12.2 Å². The maximum atomic E-state index is 12.0. The Labute approximate surface area is 194 Å². The fourth-order valence-corrected chi connectivity index (χ4v) is 5.94. The molecule has 174 valence electrons. The number of carbonyl (C=O) groups excluding carboxylic acids is 1. The van der Waals surface area contributed by atoms with Gasteiger partial charge in [-0.25, -0.2) is 0 Å². The lowest BCUT2D eigenvalue weighted by Gasteiger charge is -2.48. The van der Waals surface area contributed by atoms with Crippen LogP contribution in [0.5, 0.6) is 0 Å². The van der Waals surface area contributed by atoms with E-state index in [2.05, 4.69) is 49.3 Å². The first kappa shape index (κ1) is 23.3. The molecule has 2 heterocycles. The maximum Gasteiger partial charge on any atom is 0.160 e. The first-order chi connectivity index (χ1) is 15.3. The molecule has 2 aliphatic heterocycles. The zero-order valence-corrected chi connectivity index (χ0v) is 20.6. The Balaban J connectivity index is 1.34. The lowest BCUT2D eigenvalue weighted by Crippen LogP contribution is -2.56. The Kier molecular flexibility index (Phi) is 6.92. The Hall–Kier alpha value is -1.91. The zero-order chi connectivity index (χ0) is 22.9. The summed E-state index contributed by atoms with van der Waals surface area (Å²) < 4.78 is 6.37. The molecule has 0 saturated carbocycles. The Morgan fingerprint density at radius 2 is 1.91 bits per heavy atom. The summed E-state index contributed by atoms with van der Waals surface area (Å²) >= 11 is 0. The molecular formula is C28H40N2O2. The molecule has 32 heavy (non-hydrogen) atoms. The molecule has 4 nitrogen and oxygen atoms in total. The molecule has 1 aromatic carbocycles. The van der Waals surface area contributed by atoms with Crippen molar-refractivity contribution in [3.63, 3.8) is 0 Å². The van der Waals surface area contributed by atoms with Crippen LogP contribution in [0.2, 0.25) is 0 Å². The van der Waals surface area contributed by atoms with Crippen LogP contribution < -0.4 is 0 Å². The number of carbonyl (C=O) groups is 1. The number of ether oxygens (including phenoxy) is 1. The molecular weight excluding hydrogens is 396 g/mol. The highest BCUT2D eigenvalue weighted by Gasteiger charge is 2.41. The van der Waals surface area contributed by atoms with E-state index in [1.165, 1.54) is 28.0 Å². The molecule has 3 aliphatic rings. The largest absolute Gasteiger partial charge is 0.371 e. The van der Waals surface area contributed by atoms with Gasteiger partial charge in [0.15, 0.2) is 5.78 Å². The lowest BCUT2D eigenvalue weighted by atomic mass is 9.88. The Morgan fingerprint density at radius 1 is 1.16 bits per heavy atom. The van der Waals surface area contributed by atoms with Gasteiger partial charge < -0.3 is 14.5 Å². The molecule has 0 unspecified atom stereocenters. The summed E-state index contributed by atoms with van der Waals surface area (Å²) in [5.74, 6) is 0.327. The van der Waals surface area contributed by atoms with Gasteiger partial charge in [0.2, 0.25) is 0 Å². The highest BCUT2D eigenvalue weighted by molar-refractivity contribution is 5.97. The fraction of sp³-hybridized carbons (Fsp3) is 0.607. The molecule has 4 heteroatoms. The molecule has 0 N–H and O–H groups in total. The molecule has 2 fully saturated rings. The van der Waals surface area contributed by atoms with Crippen molar-refractivity contribution in [2.75, 3.05) is 39.3 Å². The van der Waals surface area contributed by atoms with Crippen LogP contribution in [0.1, 0.15) is 68.7 Å². The number of nitrogens with zero attached hydrogens (tertiary/aromatic N) is 2. The van der Waals surface area contributed by atoms with Gasteiger partial charge in [-0.1, -0.05) is 31.2 Å². The van der Waals surface area contributed by atoms with Gasteiger partial charge in [-0.05, 0) is 75.1 Å². The van der Waals surface area contributed by atoms with Crippen molar-refractivity contribution in [2.24, 2.45) is 0 Å². The summed E-state index contributed by atoms with van der Waals surface area (Å²) in [7, 11) is 0. The summed E-state index contributed by atoms with van der Waals surface area (Å²) in [6.45, 7) is 18.7. The maximum absolute atomic E-state index is 12.0. The molecule has 0 bridgehead atoms. The van der Waals surface area contributed by atoms with Crippen molar-refractivity contribution in [2.45, 2.75) is 71.8 Å². The number of rotatable bonds is 6. The van der Waals surface area contributed by atoms with Gasteiger partial charge in [0.1, 0.15) is 0 Å². The molecule has 0 atom stereocenters. The smallest absolute Gasteiger partial charge is 0.160 e. The van der Waals surface area contributed by atoms with Crippen LogP contribution in [0.25, 0.3) is 5.57 Å². The normalized spacial score (nSPS) is 21.6. The average Bonchev–Trinajstić information content (AvgIpc) is 3.12. The van der Waals surface area contributed by atoms with Crippen LogP contribution in [0.3, 0.4) is 0 Å². The van der Waals surface area contributed by atoms with Crippen molar-refractivity contribution < 1.29 is 9.53 Å². The lowest BCUT2D eigenvalue weighted by molar-refractivity contribution is -0.129. The van der Waals surface area contributed by atoms with Crippen molar-refractivity contribution in [3.8, 4) is 0 Å². The highest BCUT2D eigenvalue weighted by Crippen LogP contribution is 2.35. The topological polar surface area (TPSA) is 32.8 Å². The number of morpholine rings is 1. The number of benzene rings is 1. The summed E-state index contributed by atoms with van der Waals surface area (Å²) in [6.07, 6.45) is 5.92. The second kappa shape index (κ2) is 9.52. The van der Waals surface area contributed by atoms with Crippen LogP contribution in [-0.4, -0.2) is 60.5 Å². The van der Waals surface area contributed by atoms with Crippen LogP contribution in [0, 0.1) is 6.92 Å². The molecule has 0 aromatic heterocycles. The van der Waals surface area contributed by atoms with Gasteiger partial charge in [0.25, 0.3) is 0 Å². The summed E-state index contributed by atoms with van der Waals surface area (Å²) in [5.41, 5.74) is 9.08. The third-order valence-electron chi connectivity index (χ3n) is 8.06. The third kappa shape index (κ3) is 4.58. The van der Waals surface area contributed by atoms with E-state index in [-0.39, 0.29) is 5.60 Å². The van der Waals surface area contributed by atoms with E-state index in [0.717, 1.165) is 82.6 Å². The SMILES string of the molecule is C=C(C)c1ccc(CCN2CCC3(CC2)CN(C2=C(C)C(=O)CC2)CCO3)c(C)c1CC. The summed E-state index contributed by atoms with van der Waals surface area (Å²) in [5, 5.41) is 0. The minimum Gasteiger partial charge on any atom is -0.371 e. The molecule has 0 radical (unpaired) electrons. The van der Waals surface area contributed by atoms with E-state index < -0.39 is 0 Å². The summed E-state index contributed by atoms with van der Waals surface area (Å²) in [6, 6.07) is 4.58. The molecule has 1 aromatic rings. The number of hydrogen-bond acceptors (Lipinski definition) is 4. The molecule has 1 spiro atoms. The van der Waals surface area contributed by atoms with Crippen molar-refractivity contribution in [1.82, 2.24) is 9.80 Å². The van der Waals surface area contributed by atoms with E-state index in [9.17, 15) is 4.79 Å². The minimum atomic E-state index is -0.0396. The van der Waals surface area contributed by atoms with Crippen LogP contribution in [0.15, 0.2) is 30.0 Å². The molecule has 2 saturated heterocycles. The van der Waals surface area contributed by atoms with E-state index in [1.54, 1.807) is 0 Å². The third-order valence-corrected chi connectivity index (χ3v) is 8.06. The number of hydrogen-bond donors (Lipinski definition) is 0. The second-order valence-electron chi connectivity index (χ2n) is 10.0. The van der Waals surface area contributed by atoms with Crippen LogP contribution in [0.4, 0.5) is 0 Å². The van der Waals surface area contributed by atoms with Gasteiger partial charge in [-0.15, -0.1) is 0 Å². The van der Waals surface area contributed by atoms with Gasteiger partial charge in [-0.2, -0.15) is 0 Å². The first-order valence-electron chi connectivity index (χ1n) is 12.4. The van der Waals surface area contributed by atoms with E-state index >= 15 is 0 Å². The van der Waals surface area contributed by atoms with Gasteiger partial charge in [-0.3, -0.25) is 4.79 Å². The second-order valence-corrected chi connectivity index (χ2v) is 10.0. The van der Waals surface area contributed by atoms with Crippen molar-refractivity contribution in [3.05, 3.63) is 52.2 Å². The predicted molar refractivity (Wildman–Crippen MR) is 132 cm³/mol. The Morgan fingerprint density at radius 3 is 2.53 bits per heavy atom. The zero-order valence-electron chi connectivity index (χ0n) is 20.6. The van der Waals surface area contributed by atoms with Crippen LogP contribution >= 0.6 is 0 Å². The number of allylic oxidation sites excluding steroid dienone is 3. The molecule has 0 amide bonds. The standard InChI is InChI=1S/C28H40N2O2/c1-6-24-21(4)23(7-8-25(24)20(2)3)11-14-29-15-12-28(13-16-29)19-30(17-18-32-28)26-9-10-27(31)22(26)5/h7-8H,2,6,9-19H2,1,3-5H3. The average molecular weight is 437 g/mol. The minimum absolute atomic E-state index is 0.0396. The van der Waals surface area contributed by atoms with E-state index in [0.29, 0.717) is 12.2 Å². The van der Waals surface area contributed by atoms with Gasteiger partial charge >= 0.3 is 0 Å². The van der Waals surface area contributed by atoms with Crippen molar-refractivity contribution in [1.29, 1.82) is 0 Å². The first-order valence-corrected chi connectivity index (χ1v) is 12.4. The number of Topliss-reactive ketones (excluding diaryl/α,β-unsaturated/α-hetero) is 1. The fourth-order valence-electron chi connectivity index (χ4n) is 5.94. The van der Waals surface area contributed by atoms with E-state index in [1.807, 2.05) is 6.92 Å². The highest BCUT2D eigenvalue weighted by atomic mass is 16.5. The Bertz CT molecular complexity index is 922. The molecule has 1 aliphatic carbocycles. The number of piperidine rings is 1. The predicted octanol–water partition coefficient (Wildman–Crippen LogP) is 4.94. The number of likely N-dealkylation sites (tertiary alicyclic amines) is 1. The van der Waals surface area contributed by atoms with E-state index in [4.69, 9.17) is 4.74 Å². The monoisotopic (exact) mass is 436 g/mol. The summed E-state index contributed by atoms with van der Waals surface area (Å²) in [4.78, 5) is 17.1. The molecule has 4 rings (SSSR count). The van der Waals surface area contributed by atoms with Gasteiger partial charge in [0, 0.05) is 50.4 Å². The van der Waals surface area contributed by atoms with Crippen LogP contribution in [-0.2, 0) is 22.4 Å². The number of ketones is 1. The quantitative estimate of drug-likeness (QED) is 0.633.